The first-order valence-electron chi connectivity index (χ1n) is 8.83. The third-order valence-electron chi connectivity index (χ3n) is 4.02. The van der Waals surface area contributed by atoms with Crippen LogP contribution in [0.4, 0.5) is 0 Å². The third-order valence-corrected chi connectivity index (χ3v) is 4.02. The highest BCUT2D eigenvalue weighted by atomic mass is 127. The van der Waals surface area contributed by atoms with Crippen LogP contribution in [0, 0.1) is 0 Å². The summed E-state index contributed by atoms with van der Waals surface area (Å²) in [6, 6.07) is 20.2. The fourth-order valence-corrected chi connectivity index (χ4v) is 2.59. The minimum Gasteiger partial charge on any atom is -0.469 e. The molecular weight excluding hydrogens is 451 g/mol. The maximum atomic E-state index is 5.38. The number of furan rings is 1. The molecule has 0 aliphatic heterocycles. The molecule has 1 unspecified atom stereocenters. The van der Waals surface area contributed by atoms with E-state index in [0.29, 0.717) is 6.54 Å². The van der Waals surface area contributed by atoms with Crippen LogP contribution in [0.25, 0.3) is 0 Å². The van der Waals surface area contributed by atoms with E-state index >= 15 is 0 Å². The van der Waals surface area contributed by atoms with Gasteiger partial charge in [0.1, 0.15) is 5.76 Å². The molecule has 2 aromatic heterocycles. The van der Waals surface area contributed by atoms with Gasteiger partial charge in [0.25, 0.3) is 0 Å². The van der Waals surface area contributed by atoms with E-state index < -0.39 is 0 Å². The lowest BCUT2D eigenvalue weighted by molar-refractivity contribution is 0.506. The minimum absolute atomic E-state index is 0. The average molecular weight is 476 g/mol. The topological polar surface area (TPSA) is 62.5 Å². The third kappa shape index (κ3) is 7.05. The Morgan fingerprint density at radius 2 is 1.89 bits per heavy atom. The van der Waals surface area contributed by atoms with Crippen LogP contribution in [0.2, 0.25) is 0 Å². The van der Waals surface area contributed by atoms with Crippen molar-refractivity contribution in [2.45, 2.75) is 25.9 Å². The minimum atomic E-state index is 0. The molecule has 27 heavy (non-hydrogen) atoms. The van der Waals surface area contributed by atoms with Gasteiger partial charge in [-0.15, -0.1) is 24.0 Å². The first kappa shape index (κ1) is 21.0. The summed E-state index contributed by atoms with van der Waals surface area (Å²) in [4.78, 5) is 9.01. The average Bonchev–Trinajstić information content (AvgIpc) is 3.21. The maximum absolute atomic E-state index is 5.38. The van der Waals surface area contributed by atoms with Gasteiger partial charge in [-0.2, -0.15) is 0 Å². The Morgan fingerprint density at radius 1 is 1.07 bits per heavy atom. The number of guanidine groups is 1. The number of aromatic nitrogens is 1. The van der Waals surface area contributed by atoms with Crippen LogP contribution in [-0.2, 0) is 13.0 Å². The molecule has 1 aromatic carbocycles. The number of nitrogens with zero attached hydrogens (tertiary/aromatic N) is 2. The molecule has 5 nitrogen and oxygen atoms in total. The molecule has 1 atom stereocenters. The van der Waals surface area contributed by atoms with Crippen molar-refractivity contribution in [3.8, 4) is 0 Å². The Balaban J connectivity index is 0.00000261. The van der Waals surface area contributed by atoms with Crippen LogP contribution < -0.4 is 10.6 Å². The molecule has 2 heterocycles. The highest BCUT2D eigenvalue weighted by Gasteiger charge is 2.08. The van der Waals surface area contributed by atoms with Gasteiger partial charge in [-0.05, 0) is 36.8 Å². The van der Waals surface area contributed by atoms with Crippen molar-refractivity contribution in [3.63, 3.8) is 0 Å². The summed E-state index contributed by atoms with van der Waals surface area (Å²) in [6.45, 7) is 3.39. The standard InChI is InChI=1S/C21H24N4O.HI/c1-17(18-8-3-2-4-9-18)25-21(23-14-12-20-11-7-15-26-20)24-16-19-10-5-6-13-22-19;/h2-11,13,15,17H,12,14,16H2,1H3,(H2,23,24,25);1H. The number of hydrogen-bond acceptors (Lipinski definition) is 3. The van der Waals surface area contributed by atoms with E-state index in [1.807, 2.05) is 48.5 Å². The second-order valence-corrected chi connectivity index (χ2v) is 6.02. The first-order chi connectivity index (χ1) is 12.8. The molecule has 3 rings (SSSR count). The van der Waals surface area contributed by atoms with E-state index in [1.165, 1.54) is 5.56 Å². The zero-order chi connectivity index (χ0) is 18.0. The molecule has 0 fully saturated rings. The molecular formula is C21H25IN4O. The zero-order valence-corrected chi connectivity index (χ0v) is 17.7. The van der Waals surface area contributed by atoms with Gasteiger partial charge < -0.3 is 15.1 Å². The van der Waals surface area contributed by atoms with Gasteiger partial charge in [0.15, 0.2) is 5.96 Å². The summed E-state index contributed by atoms with van der Waals surface area (Å²) < 4.78 is 5.38. The Morgan fingerprint density at radius 3 is 2.59 bits per heavy atom. The highest BCUT2D eigenvalue weighted by molar-refractivity contribution is 14.0. The van der Waals surface area contributed by atoms with Gasteiger partial charge in [0.05, 0.1) is 24.5 Å². The van der Waals surface area contributed by atoms with Crippen molar-refractivity contribution in [1.82, 2.24) is 15.6 Å². The summed E-state index contributed by atoms with van der Waals surface area (Å²) in [6.07, 6.45) is 4.28. The Hall–Kier alpha value is -2.35. The summed E-state index contributed by atoms with van der Waals surface area (Å²) >= 11 is 0. The molecule has 0 saturated carbocycles. The number of benzene rings is 1. The SMILES string of the molecule is CC(NC(=NCc1ccccn1)NCCc1ccco1)c1ccccc1.I. The number of nitrogens with one attached hydrogen (secondary N) is 2. The van der Waals surface area contributed by atoms with Gasteiger partial charge in [0, 0.05) is 19.2 Å². The number of pyridine rings is 1. The van der Waals surface area contributed by atoms with Crippen molar-refractivity contribution in [2.24, 2.45) is 4.99 Å². The Bertz CT molecular complexity index is 792. The summed E-state index contributed by atoms with van der Waals surface area (Å²) in [5.41, 5.74) is 2.15. The smallest absolute Gasteiger partial charge is 0.192 e. The molecule has 0 spiro atoms. The Kier molecular flexibility index (Phi) is 8.83. The highest BCUT2D eigenvalue weighted by Crippen LogP contribution is 2.11. The van der Waals surface area contributed by atoms with Crippen LogP contribution >= 0.6 is 24.0 Å². The molecule has 0 aliphatic rings. The second-order valence-electron chi connectivity index (χ2n) is 6.02. The van der Waals surface area contributed by atoms with Crippen LogP contribution in [-0.4, -0.2) is 17.5 Å². The van der Waals surface area contributed by atoms with Crippen molar-refractivity contribution < 1.29 is 4.42 Å². The summed E-state index contributed by atoms with van der Waals surface area (Å²) in [7, 11) is 0. The van der Waals surface area contributed by atoms with Crippen molar-refractivity contribution in [2.75, 3.05) is 6.54 Å². The van der Waals surface area contributed by atoms with E-state index in [4.69, 9.17) is 4.42 Å². The van der Waals surface area contributed by atoms with E-state index in [0.717, 1.165) is 30.4 Å². The zero-order valence-electron chi connectivity index (χ0n) is 15.3. The quantitative estimate of drug-likeness (QED) is 0.303. The van der Waals surface area contributed by atoms with Gasteiger partial charge in [-0.3, -0.25) is 4.98 Å². The fourth-order valence-electron chi connectivity index (χ4n) is 2.59. The molecule has 0 amide bonds. The fraction of sp³-hybridized carbons (Fsp3) is 0.238. The van der Waals surface area contributed by atoms with Crippen LogP contribution in [0.15, 0.2) is 82.5 Å². The first-order valence-corrected chi connectivity index (χ1v) is 8.83. The van der Waals surface area contributed by atoms with E-state index in [-0.39, 0.29) is 30.0 Å². The van der Waals surface area contributed by atoms with Crippen LogP contribution in [0.5, 0.6) is 0 Å². The number of rotatable bonds is 7. The molecule has 2 N–H and O–H groups in total. The largest absolute Gasteiger partial charge is 0.469 e. The molecule has 0 radical (unpaired) electrons. The lowest BCUT2D eigenvalue weighted by Crippen LogP contribution is -2.39. The molecule has 0 saturated heterocycles. The Labute approximate surface area is 177 Å². The molecule has 6 heteroatoms. The lowest BCUT2D eigenvalue weighted by atomic mass is 10.1. The molecule has 142 valence electrons. The van der Waals surface area contributed by atoms with Gasteiger partial charge >= 0.3 is 0 Å². The van der Waals surface area contributed by atoms with E-state index in [9.17, 15) is 0 Å². The summed E-state index contributed by atoms with van der Waals surface area (Å²) in [5.74, 6) is 1.72. The predicted molar refractivity (Wildman–Crippen MR) is 119 cm³/mol. The van der Waals surface area contributed by atoms with Gasteiger partial charge in [-0.1, -0.05) is 36.4 Å². The van der Waals surface area contributed by atoms with Gasteiger partial charge in [-0.25, -0.2) is 4.99 Å². The molecule has 0 aliphatic carbocycles. The van der Waals surface area contributed by atoms with Gasteiger partial charge in [0.2, 0.25) is 0 Å². The normalized spacial score (nSPS) is 12.1. The number of halogens is 1. The van der Waals surface area contributed by atoms with Crippen molar-refractivity contribution in [3.05, 3.63) is 90.1 Å². The molecule has 3 aromatic rings. The monoisotopic (exact) mass is 476 g/mol. The van der Waals surface area contributed by atoms with Crippen LogP contribution in [0.1, 0.15) is 30.0 Å². The maximum Gasteiger partial charge on any atom is 0.192 e. The van der Waals surface area contributed by atoms with E-state index in [1.54, 1.807) is 12.5 Å². The lowest BCUT2D eigenvalue weighted by Gasteiger charge is -2.18. The van der Waals surface area contributed by atoms with E-state index in [2.05, 4.69) is 39.7 Å². The second kappa shape index (κ2) is 11.4. The number of aliphatic imine (C=N–C) groups is 1. The predicted octanol–water partition coefficient (Wildman–Crippen LogP) is 4.33. The van der Waals surface area contributed by atoms with Crippen molar-refractivity contribution in [1.29, 1.82) is 0 Å². The molecule has 0 bridgehead atoms. The summed E-state index contributed by atoms with van der Waals surface area (Å²) in [5, 5.41) is 6.84. The van der Waals surface area contributed by atoms with Crippen molar-refractivity contribution >= 4 is 29.9 Å². The number of hydrogen-bond donors (Lipinski definition) is 2. The van der Waals surface area contributed by atoms with Crippen LogP contribution in [0.3, 0.4) is 0 Å².